The normalized spacial score (nSPS) is 14.8. The van der Waals surface area contributed by atoms with Gasteiger partial charge in [-0.2, -0.15) is 16.7 Å². The van der Waals surface area contributed by atoms with Crippen molar-refractivity contribution >= 4 is 17.7 Å². The van der Waals surface area contributed by atoms with E-state index in [9.17, 15) is 9.18 Å². The molecule has 2 heterocycles. The van der Waals surface area contributed by atoms with Crippen molar-refractivity contribution in [2.45, 2.75) is 25.1 Å². The van der Waals surface area contributed by atoms with Gasteiger partial charge >= 0.3 is 0 Å². The molecule has 0 unspecified atom stereocenters. The molecule has 1 aliphatic rings. The van der Waals surface area contributed by atoms with E-state index in [2.05, 4.69) is 20.4 Å². The summed E-state index contributed by atoms with van der Waals surface area (Å²) in [6.45, 7) is 2.78. The minimum Gasteiger partial charge on any atom is -0.497 e. The first-order valence-corrected chi connectivity index (χ1v) is 12.6. The number of benzene rings is 2. The van der Waals surface area contributed by atoms with Crippen LogP contribution in [0.4, 0.5) is 4.39 Å². The summed E-state index contributed by atoms with van der Waals surface area (Å²) in [5, 5.41) is 7.11. The van der Waals surface area contributed by atoms with Crippen molar-refractivity contribution in [2.24, 2.45) is 5.92 Å². The average molecular weight is 485 g/mol. The molecule has 0 bridgehead atoms. The Morgan fingerprint density at radius 1 is 1.21 bits per heavy atom. The van der Waals surface area contributed by atoms with Crippen LogP contribution in [0.3, 0.4) is 0 Å². The zero-order chi connectivity index (χ0) is 23.8. The van der Waals surface area contributed by atoms with Crippen LogP contribution in [0, 0.1) is 11.7 Å². The fourth-order valence-corrected chi connectivity index (χ4v) is 4.75. The molecule has 2 aromatic carbocycles. The number of methoxy groups -OCH3 is 1. The van der Waals surface area contributed by atoms with Crippen LogP contribution in [0.25, 0.3) is 11.4 Å². The summed E-state index contributed by atoms with van der Waals surface area (Å²) in [5.41, 5.74) is 1.57. The lowest BCUT2D eigenvalue weighted by Gasteiger charge is -2.30. The fourth-order valence-electron chi connectivity index (χ4n) is 3.91. The number of piperidine rings is 1. The smallest absolute Gasteiger partial charge is 0.241 e. The van der Waals surface area contributed by atoms with Gasteiger partial charge in [0.1, 0.15) is 11.6 Å². The Bertz CT molecular complexity index is 1070. The molecule has 9 heteroatoms. The van der Waals surface area contributed by atoms with Crippen molar-refractivity contribution < 1.29 is 18.4 Å². The van der Waals surface area contributed by atoms with Gasteiger partial charge in [-0.3, -0.25) is 9.69 Å². The highest BCUT2D eigenvalue weighted by atomic mass is 32.2. The highest BCUT2D eigenvalue weighted by Gasteiger charge is 2.25. The van der Waals surface area contributed by atoms with E-state index in [1.54, 1.807) is 31.0 Å². The van der Waals surface area contributed by atoms with Crippen molar-refractivity contribution in [3.8, 4) is 17.1 Å². The molecule has 0 spiro atoms. The molecule has 0 aliphatic carbocycles. The first-order chi connectivity index (χ1) is 16.6. The van der Waals surface area contributed by atoms with Crippen LogP contribution in [-0.4, -0.2) is 53.4 Å². The van der Waals surface area contributed by atoms with E-state index in [0.29, 0.717) is 36.1 Å². The number of aromatic nitrogens is 2. The molecular formula is C25H29FN4O3S. The summed E-state index contributed by atoms with van der Waals surface area (Å²) in [4.78, 5) is 19.2. The summed E-state index contributed by atoms with van der Waals surface area (Å²) >= 11 is 1.62. The molecule has 0 radical (unpaired) electrons. The maximum atomic E-state index is 13.6. The van der Waals surface area contributed by atoms with E-state index < -0.39 is 0 Å². The maximum absolute atomic E-state index is 13.6. The number of hydrogen-bond acceptors (Lipinski definition) is 7. The van der Waals surface area contributed by atoms with Gasteiger partial charge in [-0.15, -0.1) is 0 Å². The van der Waals surface area contributed by atoms with Crippen molar-refractivity contribution in [1.82, 2.24) is 20.4 Å². The molecule has 180 valence electrons. The first kappa shape index (κ1) is 24.2. The van der Waals surface area contributed by atoms with Gasteiger partial charge in [-0.1, -0.05) is 23.4 Å². The molecule has 1 N–H and O–H groups in total. The van der Waals surface area contributed by atoms with Gasteiger partial charge in [0.05, 0.1) is 13.7 Å². The van der Waals surface area contributed by atoms with Gasteiger partial charge in [-0.05, 0) is 61.8 Å². The van der Waals surface area contributed by atoms with Crippen LogP contribution in [0.2, 0.25) is 0 Å². The lowest BCUT2D eigenvalue weighted by atomic mass is 9.96. The van der Waals surface area contributed by atoms with Crippen molar-refractivity contribution in [2.75, 3.05) is 32.5 Å². The molecule has 1 amide bonds. The number of halogens is 1. The third-order valence-corrected chi connectivity index (χ3v) is 6.90. The molecule has 3 aromatic rings. The number of hydrogen-bond donors (Lipinski definition) is 1. The van der Waals surface area contributed by atoms with Gasteiger partial charge in [-0.25, -0.2) is 4.39 Å². The SMILES string of the molecule is COc1ccc(-c2noc(CN3CCC(C(=O)NCCSCc4ccccc4F)CC3)n2)cc1. The van der Waals surface area contributed by atoms with E-state index in [1.165, 1.54) is 6.07 Å². The summed E-state index contributed by atoms with van der Waals surface area (Å²) in [5.74, 6) is 3.21. The Hall–Kier alpha value is -2.91. The van der Waals surface area contributed by atoms with Gasteiger partial charge in [0.15, 0.2) is 0 Å². The summed E-state index contributed by atoms with van der Waals surface area (Å²) < 4.78 is 24.2. The molecule has 0 atom stereocenters. The lowest BCUT2D eigenvalue weighted by molar-refractivity contribution is -0.126. The second-order valence-corrected chi connectivity index (χ2v) is 9.33. The molecule has 7 nitrogen and oxygen atoms in total. The van der Waals surface area contributed by atoms with Crippen LogP contribution in [0.15, 0.2) is 53.1 Å². The van der Waals surface area contributed by atoms with Crippen LogP contribution in [0.5, 0.6) is 5.75 Å². The van der Waals surface area contributed by atoms with Gasteiger partial charge in [0.2, 0.25) is 17.6 Å². The number of thioether (sulfide) groups is 1. The van der Waals surface area contributed by atoms with Crippen molar-refractivity contribution in [3.63, 3.8) is 0 Å². The molecule has 34 heavy (non-hydrogen) atoms. The van der Waals surface area contributed by atoms with E-state index in [4.69, 9.17) is 9.26 Å². The summed E-state index contributed by atoms with van der Waals surface area (Å²) in [6.07, 6.45) is 1.60. The Morgan fingerprint density at radius 2 is 1.97 bits per heavy atom. The minimum absolute atomic E-state index is 0.0189. The van der Waals surface area contributed by atoms with Gasteiger partial charge < -0.3 is 14.6 Å². The maximum Gasteiger partial charge on any atom is 0.241 e. The number of rotatable bonds is 10. The lowest BCUT2D eigenvalue weighted by Crippen LogP contribution is -2.40. The largest absolute Gasteiger partial charge is 0.497 e. The Kier molecular flexibility index (Phi) is 8.54. The highest BCUT2D eigenvalue weighted by molar-refractivity contribution is 7.98. The minimum atomic E-state index is -0.178. The van der Waals surface area contributed by atoms with Gasteiger partial charge in [0.25, 0.3) is 0 Å². The monoisotopic (exact) mass is 484 g/mol. The molecule has 1 fully saturated rings. The predicted octanol–water partition coefficient (Wildman–Crippen LogP) is 4.15. The van der Waals surface area contributed by atoms with E-state index in [1.807, 2.05) is 30.3 Å². The number of carbonyl (C=O) groups excluding carboxylic acids is 1. The Morgan fingerprint density at radius 3 is 2.71 bits per heavy atom. The first-order valence-electron chi connectivity index (χ1n) is 11.4. The highest BCUT2D eigenvalue weighted by Crippen LogP contribution is 2.22. The number of amides is 1. The third kappa shape index (κ3) is 6.57. The third-order valence-electron chi connectivity index (χ3n) is 5.89. The molecule has 1 aromatic heterocycles. The Balaban J connectivity index is 1.14. The van der Waals surface area contributed by atoms with Crippen LogP contribution < -0.4 is 10.1 Å². The van der Waals surface area contributed by atoms with Gasteiger partial charge in [0, 0.05) is 29.5 Å². The summed E-state index contributed by atoms with van der Waals surface area (Å²) in [7, 11) is 1.63. The summed E-state index contributed by atoms with van der Waals surface area (Å²) in [6, 6.07) is 14.3. The van der Waals surface area contributed by atoms with Crippen LogP contribution in [-0.2, 0) is 17.1 Å². The number of nitrogens with zero attached hydrogens (tertiary/aromatic N) is 3. The van der Waals surface area contributed by atoms with E-state index in [-0.39, 0.29) is 17.6 Å². The quantitative estimate of drug-likeness (QED) is 0.433. The number of ether oxygens (including phenoxy) is 1. The number of likely N-dealkylation sites (tertiary alicyclic amines) is 1. The molecule has 1 aliphatic heterocycles. The molecule has 4 rings (SSSR count). The topological polar surface area (TPSA) is 80.5 Å². The standard InChI is InChI=1S/C25H29FN4O3S/c1-32-21-8-6-18(7-9-21)24-28-23(33-29-24)16-30-13-10-19(11-14-30)25(31)27-12-15-34-17-20-4-2-3-5-22(20)26/h2-9,19H,10-17H2,1H3,(H,27,31). The zero-order valence-electron chi connectivity index (χ0n) is 19.2. The second-order valence-electron chi connectivity index (χ2n) is 8.23. The zero-order valence-corrected chi connectivity index (χ0v) is 20.0. The van der Waals surface area contributed by atoms with Crippen LogP contribution >= 0.6 is 11.8 Å². The van der Waals surface area contributed by atoms with Crippen molar-refractivity contribution in [1.29, 1.82) is 0 Å². The second kappa shape index (κ2) is 12.0. The fraction of sp³-hybridized carbons (Fsp3) is 0.400. The molecule has 1 saturated heterocycles. The van der Waals surface area contributed by atoms with E-state index >= 15 is 0 Å². The molecular weight excluding hydrogens is 455 g/mol. The predicted molar refractivity (Wildman–Crippen MR) is 130 cm³/mol. The number of carbonyl (C=O) groups is 1. The number of nitrogens with one attached hydrogen (secondary N) is 1. The molecule has 0 saturated carbocycles. The van der Waals surface area contributed by atoms with Crippen LogP contribution in [0.1, 0.15) is 24.3 Å². The van der Waals surface area contributed by atoms with Crippen molar-refractivity contribution in [3.05, 3.63) is 65.8 Å². The Labute approximate surface area is 203 Å². The van der Waals surface area contributed by atoms with E-state index in [0.717, 1.165) is 43.0 Å². The average Bonchev–Trinajstić information content (AvgIpc) is 3.33.